The van der Waals surface area contributed by atoms with Crippen LogP contribution in [0.2, 0.25) is 0 Å². The van der Waals surface area contributed by atoms with Gasteiger partial charge in [0.25, 0.3) is 0 Å². The van der Waals surface area contributed by atoms with Crippen molar-refractivity contribution < 1.29 is 14.6 Å². The van der Waals surface area contributed by atoms with Crippen LogP contribution in [-0.2, 0) is 11.2 Å². The first-order valence-electron chi connectivity index (χ1n) is 9.70. The van der Waals surface area contributed by atoms with Crippen LogP contribution in [0, 0.1) is 17.3 Å². The normalized spacial score (nSPS) is 9.97. The zero-order chi connectivity index (χ0) is 22.3. The van der Waals surface area contributed by atoms with Crippen molar-refractivity contribution in [2.75, 3.05) is 18.0 Å². The van der Waals surface area contributed by atoms with Crippen molar-refractivity contribution in [3.8, 4) is 34.5 Å². The van der Waals surface area contributed by atoms with E-state index in [0.717, 1.165) is 24.9 Å². The highest BCUT2D eigenvalue weighted by Crippen LogP contribution is 2.40. The lowest BCUT2D eigenvalue weighted by Gasteiger charge is -2.23. The highest BCUT2D eigenvalue weighted by atomic mass is 16.5. The number of carbonyl (C=O) groups excluding carboxylic acids is 1. The lowest BCUT2D eigenvalue weighted by molar-refractivity contribution is -0.129. The molecule has 2 aromatic rings. The monoisotopic (exact) mass is 405 g/mol. The van der Waals surface area contributed by atoms with Crippen LogP contribution >= 0.6 is 0 Å². The van der Waals surface area contributed by atoms with Crippen LogP contribution in [0.15, 0.2) is 43.0 Å². The summed E-state index contributed by atoms with van der Waals surface area (Å²) in [6.45, 7) is 10.8. The summed E-state index contributed by atoms with van der Waals surface area (Å²) in [6.07, 6.45) is 1.33. The van der Waals surface area contributed by atoms with Crippen molar-refractivity contribution in [1.82, 2.24) is 0 Å². The molecule has 2 rings (SSSR count). The summed E-state index contributed by atoms with van der Waals surface area (Å²) >= 11 is 0. The minimum atomic E-state index is -0.608. The van der Waals surface area contributed by atoms with E-state index in [2.05, 4.69) is 23.3 Å². The Hall–Kier alpha value is -3.72. The van der Waals surface area contributed by atoms with Crippen molar-refractivity contribution in [3.63, 3.8) is 0 Å². The lowest BCUT2D eigenvalue weighted by atomic mass is 9.90. The van der Waals surface area contributed by atoms with Gasteiger partial charge in [0, 0.05) is 59.6 Å². The average Bonchev–Trinajstić information content (AvgIpc) is 2.73. The Balaban J connectivity index is 2.78. The van der Waals surface area contributed by atoms with Gasteiger partial charge in [-0.25, -0.2) is 4.79 Å². The molecule has 6 nitrogen and oxygen atoms in total. The number of phenolic OH excluding ortho intramolecular Hbond substituents is 1. The molecule has 4 N–H and O–H groups in total. The largest absolute Gasteiger partial charge is 0.507 e. The predicted molar refractivity (Wildman–Crippen MR) is 121 cm³/mol. The van der Waals surface area contributed by atoms with Gasteiger partial charge in [-0.05, 0) is 45.0 Å². The summed E-state index contributed by atoms with van der Waals surface area (Å²) in [7, 11) is 0. The molecular formula is C24H27N3O3. The van der Waals surface area contributed by atoms with Gasteiger partial charge >= 0.3 is 5.97 Å². The molecule has 0 radical (unpaired) electrons. The third-order valence-electron chi connectivity index (χ3n) is 4.76. The van der Waals surface area contributed by atoms with Crippen LogP contribution in [0.3, 0.4) is 0 Å². The Bertz CT molecular complexity index is 1030. The summed E-state index contributed by atoms with van der Waals surface area (Å²) in [5.41, 5.74) is 8.71. The molecule has 6 heteroatoms. The molecule has 0 saturated carbocycles. The number of carbonyl (C=O) groups is 1. The SMILES string of the molecule is C=CC(=O)Oc1ccc(C(=N)N)c(-c2ccc(N(CC)CC)cc2O)c1CC#CC. The van der Waals surface area contributed by atoms with E-state index < -0.39 is 5.97 Å². The summed E-state index contributed by atoms with van der Waals surface area (Å²) in [5, 5.41) is 18.9. The number of aromatic hydroxyl groups is 1. The van der Waals surface area contributed by atoms with Crippen LogP contribution in [0.1, 0.15) is 31.9 Å². The maximum absolute atomic E-state index is 11.8. The third kappa shape index (κ3) is 4.81. The molecule has 0 aliphatic rings. The van der Waals surface area contributed by atoms with Gasteiger partial charge in [0.15, 0.2) is 0 Å². The van der Waals surface area contributed by atoms with Gasteiger partial charge in [-0.15, -0.1) is 5.92 Å². The Kier molecular flexibility index (Phi) is 7.65. The molecule has 0 aliphatic carbocycles. The minimum absolute atomic E-state index is 0.0415. The topological polar surface area (TPSA) is 99.6 Å². The zero-order valence-corrected chi connectivity index (χ0v) is 17.6. The molecule has 2 aromatic carbocycles. The molecule has 0 aromatic heterocycles. The molecule has 0 heterocycles. The highest BCUT2D eigenvalue weighted by molar-refractivity contribution is 6.04. The molecular weight excluding hydrogens is 378 g/mol. The number of benzene rings is 2. The molecule has 0 fully saturated rings. The Morgan fingerprint density at radius 3 is 2.53 bits per heavy atom. The second kappa shape index (κ2) is 10.2. The number of ether oxygens (including phenoxy) is 1. The van der Waals surface area contributed by atoms with Crippen molar-refractivity contribution in [1.29, 1.82) is 5.41 Å². The maximum Gasteiger partial charge on any atom is 0.335 e. The number of esters is 1. The van der Waals surface area contributed by atoms with Gasteiger partial charge in [0.1, 0.15) is 17.3 Å². The number of hydrogen-bond acceptors (Lipinski definition) is 5. The fourth-order valence-electron chi connectivity index (χ4n) is 3.28. The van der Waals surface area contributed by atoms with E-state index in [-0.39, 0.29) is 23.8 Å². The van der Waals surface area contributed by atoms with Gasteiger partial charge in [-0.3, -0.25) is 5.41 Å². The van der Waals surface area contributed by atoms with Crippen molar-refractivity contribution in [2.24, 2.45) is 5.73 Å². The van der Waals surface area contributed by atoms with E-state index in [1.54, 1.807) is 31.2 Å². The number of anilines is 1. The van der Waals surface area contributed by atoms with Gasteiger partial charge in [0.2, 0.25) is 0 Å². The zero-order valence-electron chi connectivity index (χ0n) is 17.6. The Morgan fingerprint density at radius 1 is 1.30 bits per heavy atom. The molecule has 0 aliphatic heterocycles. The van der Waals surface area contributed by atoms with E-state index in [9.17, 15) is 9.90 Å². The van der Waals surface area contributed by atoms with Crippen LogP contribution in [0.4, 0.5) is 5.69 Å². The third-order valence-corrected chi connectivity index (χ3v) is 4.76. The van der Waals surface area contributed by atoms with Crippen molar-refractivity contribution >= 4 is 17.5 Å². The molecule has 0 amide bonds. The van der Waals surface area contributed by atoms with Crippen LogP contribution in [-0.4, -0.2) is 30.0 Å². The predicted octanol–water partition coefficient (Wildman–Crippen LogP) is 3.85. The van der Waals surface area contributed by atoms with Crippen LogP contribution in [0.25, 0.3) is 11.1 Å². The number of hydrogen-bond donors (Lipinski definition) is 3. The fourth-order valence-corrected chi connectivity index (χ4v) is 3.28. The maximum atomic E-state index is 11.8. The molecule has 0 unspecified atom stereocenters. The van der Waals surface area contributed by atoms with Gasteiger partial charge in [0.05, 0.1) is 0 Å². The van der Waals surface area contributed by atoms with Crippen molar-refractivity contribution in [2.45, 2.75) is 27.2 Å². The van der Waals surface area contributed by atoms with Crippen molar-refractivity contribution in [3.05, 3.63) is 54.1 Å². The molecule has 0 spiro atoms. The van der Waals surface area contributed by atoms with E-state index >= 15 is 0 Å². The van der Waals surface area contributed by atoms with Gasteiger partial charge in [-0.2, -0.15) is 0 Å². The van der Waals surface area contributed by atoms with E-state index in [1.165, 1.54) is 0 Å². The first-order valence-corrected chi connectivity index (χ1v) is 9.70. The number of rotatable bonds is 8. The smallest absolute Gasteiger partial charge is 0.335 e. The first-order chi connectivity index (χ1) is 14.4. The Morgan fingerprint density at radius 2 is 2.00 bits per heavy atom. The molecule has 30 heavy (non-hydrogen) atoms. The lowest BCUT2D eigenvalue weighted by Crippen LogP contribution is -2.21. The summed E-state index contributed by atoms with van der Waals surface area (Å²) in [4.78, 5) is 13.9. The van der Waals surface area contributed by atoms with Gasteiger partial charge < -0.3 is 20.5 Å². The second-order valence-corrected chi connectivity index (χ2v) is 6.48. The number of amidine groups is 1. The van der Waals surface area contributed by atoms with E-state index in [0.29, 0.717) is 22.3 Å². The molecule has 0 saturated heterocycles. The standard InChI is InChI=1S/C24H27N3O3/c1-5-9-10-18-21(30-22(29)6-2)14-13-19(24(25)26)23(18)17-12-11-16(15-20(17)28)27(7-3)8-4/h6,11-15,28H,2,7-8,10H2,1,3-4H3,(H3,25,26). The van der Waals surface area contributed by atoms with E-state index in [1.807, 2.05) is 19.9 Å². The second-order valence-electron chi connectivity index (χ2n) is 6.48. The number of phenols is 1. The number of nitrogen functional groups attached to an aromatic ring is 1. The number of nitrogens with zero attached hydrogens (tertiary/aromatic N) is 1. The van der Waals surface area contributed by atoms with Gasteiger partial charge in [-0.1, -0.05) is 12.5 Å². The molecule has 156 valence electrons. The van der Waals surface area contributed by atoms with E-state index in [4.69, 9.17) is 15.9 Å². The average molecular weight is 405 g/mol. The molecule has 0 atom stereocenters. The van der Waals surface area contributed by atoms with Crippen LogP contribution < -0.4 is 15.4 Å². The summed E-state index contributed by atoms with van der Waals surface area (Å²) in [6, 6.07) is 8.56. The summed E-state index contributed by atoms with van der Waals surface area (Å²) in [5.74, 6) is 5.36. The number of nitrogens with two attached hydrogens (primary N) is 1. The first kappa shape index (κ1) is 22.6. The molecule has 0 bridgehead atoms. The Labute approximate surface area is 177 Å². The minimum Gasteiger partial charge on any atom is -0.507 e. The quantitative estimate of drug-likeness (QED) is 0.155. The summed E-state index contributed by atoms with van der Waals surface area (Å²) < 4.78 is 5.40. The fraction of sp³-hybridized carbons (Fsp3) is 0.250. The van der Waals surface area contributed by atoms with Crippen LogP contribution in [0.5, 0.6) is 11.5 Å². The highest BCUT2D eigenvalue weighted by Gasteiger charge is 2.21. The number of nitrogens with one attached hydrogen (secondary N) is 1.